The Balaban J connectivity index is 1.08. The molecule has 2 saturated carbocycles. The number of benzene rings is 3. The number of amides is 2. The number of imide groups is 1. The van der Waals surface area contributed by atoms with Gasteiger partial charge in [0.15, 0.2) is 12.0 Å². The van der Waals surface area contributed by atoms with Gasteiger partial charge in [-0.15, -0.1) is 0 Å². The van der Waals surface area contributed by atoms with Gasteiger partial charge in [-0.2, -0.15) is 5.10 Å². The van der Waals surface area contributed by atoms with Crippen molar-refractivity contribution in [2.24, 2.45) is 27.2 Å². The Bertz CT molecular complexity index is 2010. The molecule has 2 amide bonds. The molecule has 4 aromatic rings. The lowest BCUT2D eigenvalue weighted by Crippen LogP contribution is -2.52. The summed E-state index contributed by atoms with van der Waals surface area (Å²) in [5.74, 6) is 0.691. The summed E-state index contributed by atoms with van der Waals surface area (Å²) in [6.45, 7) is 0.141. The molecular weight excluding hydrogens is 586 g/mol. The summed E-state index contributed by atoms with van der Waals surface area (Å²) in [6.07, 6.45) is 13.2. The molecule has 8 nitrogen and oxygen atoms in total. The van der Waals surface area contributed by atoms with Gasteiger partial charge in [-0.3, -0.25) is 14.6 Å². The van der Waals surface area contributed by atoms with Gasteiger partial charge in [-0.25, -0.2) is 14.6 Å². The molecule has 9 rings (SSSR count). The number of carbonyl (C=O) groups is 2. The zero-order chi connectivity index (χ0) is 31.8. The molecule has 232 valence electrons. The van der Waals surface area contributed by atoms with Crippen molar-refractivity contribution in [3.63, 3.8) is 0 Å². The third kappa shape index (κ3) is 4.35. The predicted octanol–water partition coefficient (Wildman–Crippen LogP) is 6.53. The lowest BCUT2D eigenvalue weighted by atomic mass is 9.49. The van der Waals surface area contributed by atoms with Crippen molar-refractivity contribution in [1.29, 1.82) is 0 Å². The number of nitrogens with zero attached hydrogens (tertiary/aromatic N) is 5. The van der Waals surface area contributed by atoms with E-state index in [1.165, 1.54) is 4.90 Å². The second kappa shape index (κ2) is 10.4. The molecule has 2 unspecified atom stereocenters. The quantitative estimate of drug-likeness (QED) is 0.238. The van der Waals surface area contributed by atoms with Crippen molar-refractivity contribution < 1.29 is 14.7 Å². The first kappa shape index (κ1) is 28.0. The molecular formula is C39H33N5O3. The summed E-state index contributed by atoms with van der Waals surface area (Å²) in [5, 5.41) is 15.1. The van der Waals surface area contributed by atoms with Crippen LogP contribution in [0, 0.1) is 17.3 Å². The van der Waals surface area contributed by atoms with E-state index < -0.39 is 5.41 Å². The number of hydrogen-bond acceptors (Lipinski definition) is 6. The van der Waals surface area contributed by atoms with E-state index in [2.05, 4.69) is 52.6 Å². The molecule has 0 radical (unpaired) electrons. The number of carbonyl (C=O) groups excluding carboxylic acids is 2. The van der Waals surface area contributed by atoms with Gasteiger partial charge in [0.1, 0.15) is 0 Å². The highest BCUT2D eigenvalue weighted by Crippen LogP contribution is 2.65. The highest BCUT2D eigenvalue weighted by Gasteiger charge is 2.60. The lowest BCUT2D eigenvalue weighted by molar-refractivity contribution is -0.0272. The van der Waals surface area contributed by atoms with Crippen LogP contribution in [0.25, 0.3) is 5.57 Å². The molecule has 0 saturated heterocycles. The molecule has 1 N–H and O–H groups in total. The number of hydrogen-bond donors (Lipinski definition) is 1. The zero-order valence-electron chi connectivity index (χ0n) is 25.7. The summed E-state index contributed by atoms with van der Waals surface area (Å²) in [4.78, 5) is 37.5. The van der Waals surface area contributed by atoms with Gasteiger partial charge >= 0.3 is 0 Å². The number of rotatable bonds is 7. The zero-order valence-corrected chi connectivity index (χ0v) is 25.7. The van der Waals surface area contributed by atoms with E-state index in [0.29, 0.717) is 17.0 Å². The molecule has 8 heteroatoms. The third-order valence-corrected chi connectivity index (χ3v) is 10.8. The number of dihydropyridines is 1. The molecule has 3 aromatic carbocycles. The van der Waals surface area contributed by atoms with Gasteiger partial charge in [0.2, 0.25) is 0 Å². The Morgan fingerprint density at radius 2 is 1.55 bits per heavy atom. The molecule has 1 aromatic heterocycles. The van der Waals surface area contributed by atoms with Gasteiger partial charge in [0, 0.05) is 41.6 Å². The highest BCUT2D eigenvalue weighted by molar-refractivity contribution is 6.32. The Morgan fingerprint density at radius 3 is 2.23 bits per heavy atom. The van der Waals surface area contributed by atoms with E-state index >= 15 is 0 Å². The van der Waals surface area contributed by atoms with E-state index in [4.69, 9.17) is 4.99 Å². The topological polar surface area (TPSA) is 100 Å². The van der Waals surface area contributed by atoms with Crippen LogP contribution in [0.1, 0.15) is 69.3 Å². The van der Waals surface area contributed by atoms with E-state index in [1.807, 2.05) is 41.2 Å². The van der Waals surface area contributed by atoms with E-state index in [-0.39, 0.29) is 35.9 Å². The fourth-order valence-corrected chi connectivity index (χ4v) is 8.21. The Hall–Kier alpha value is -5.21. The van der Waals surface area contributed by atoms with Crippen molar-refractivity contribution >= 4 is 35.1 Å². The highest BCUT2D eigenvalue weighted by atomic mass is 16.3. The maximum absolute atomic E-state index is 13.2. The van der Waals surface area contributed by atoms with Crippen LogP contribution in [0.3, 0.4) is 0 Å². The molecule has 2 atom stereocenters. The molecule has 0 spiro atoms. The average molecular weight is 620 g/mol. The third-order valence-electron chi connectivity index (χ3n) is 10.8. The van der Waals surface area contributed by atoms with Crippen molar-refractivity contribution in [3.8, 4) is 0 Å². The van der Waals surface area contributed by atoms with Crippen LogP contribution in [0.4, 0.5) is 5.82 Å². The van der Waals surface area contributed by atoms with Crippen LogP contribution in [0.2, 0.25) is 0 Å². The van der Waals surface area contributed by atoms with E-state index in [9.17, 15) is 14.7 Å². The van der Waals surface area contributed by atoms with Crippen LogP contribution in [-0.4, -0.2) is 50.1 Å². The Morgan fingerprint density at radius 1 is 0.851 bits per heavy atom. The first-order valence-corrected chi connectivity index (χ1v) is 16.3. The van der Waals surface area contributed by atoms with Crippen LogP contribution in [0.5, 0.6) is 0 Å². The monoisotopic (exact) mass is 619 g/mol. The minimum atomic E-state index is -0.416. The summed E-state index contributed by atoms with van der Waals surface area (Å²) < 4.78 is 1.89. The molecule has 2 aliphatic carbocycles. The fourth-order valence-electron chi connectivity index (χ4n) is 8.21. The van der Waals surface area contributed by atoms with Gasteiger partial charge < -0.3 is 5.11 Å². The SMILES string of the molecule is O=C1c2ccccc2C(=O)N1C=CC1(c2ccc(C3=NC4C(C=Nc5ccnn54)C=C3c3ccccc3)cc2)CC(CO)(C2CC2)C1. The summed E-state index contributed by atoms with van der Waals surface area (Å²) in [5.41, 5.74) is 5.44. The molecule has 0 bridgehead atoms. The Labute approximate surface area is 272 Å². The second-order valence-corrected chi connectivity index (χ2v) is 13.6. The fraction of sp³-hybridized carbons (Fsp3) is 0.256. The number of aliphatic imine (C=N–C) groups is 2. The number of aliphatic hydroxyl groups excluding tert-OH is 1. The van der Waals surface area contributed by atoms with Crippen molar-refractivity contribution in [1.82, 2.24) is 14.7 Å². The molecule has 47 heavy (non-hydrogen) atoms. The van der Waals surface area contributed by atoms with Crippen LogP contribution < -0.4 is 0 Å². The number of aromatic nitrogens is 2. The maximum atomic E-state index is 13.2. The standard InChI is InChI=1S/C39H33N5O3/c45-24-39(29-14-15-29)22-38(23-39,17-19-43-36(46)30-8-4-5-9-31(30)37(43)47)28-12-10-26(11-13-28)34-32(25-6-2-1-3-7-25)20-27-21-40-33-16-18-41-44(33)35(27)42-34/h1-13,16-21,27,29,35,45H,14-15,22-24H2. The van der Waals surface area contributed by atoms with Crippen LogP contribution in [-0.2, 0) is 5.41 Å². The summed E-state index contributed by atoms with van der Waals surface area (Å²) in [6, 6.07) is 27.7. The number of aliphatic hydroxyl groups is 1. The van der Waals surface area contributed by atoms with Gasteiger partial charge in [-0.1, -0.05) is 78.9 Å². The second-order valence-electron chi connectivity index (χ2n) is 13.6. The van der Waals surface area contributed by atoms with Crippen molar-refractivity contribution in [2.45, 2.75) is 37.3 Å². The molecule has 2 fully saturated rings. The average Bonchev–Trinajstić information content (AvgIpc) is 3.79. The van der Waals surface area contributed by atoms with Crippen molar-refractivity contribution in [3.05, 3.63) is 137 Å². The Kier molecular flexibility index (Phi) is 6.21. The minimum Gasteiger partial charge on any atom is -0.396 e. The summed E-state index contributed by atoms with van der Waals surface area (Å²) in [7, 11) is 0. The molecule has 4 heterocycles. The van der Waals surface area contributed by atoms with Gasteiger partial charge in [-0.05, 0) is 60.3 Å². The maximum Gasteiger partial charge on any atom is 0.265 e. The van der Waals surface area contributed by atoms with E-state index in [1.54, 1.807) is 36.7 Å². The van der Waals surface area contributed by atoms with E-state index in [0.717, 1.165) is 59.5 Å². The largest absolute Gasteiger partial charge is 0.396 e. The number of allylic oxidation sites excluding steroid dienone is 2. The predicted molar refractivity (Wildman–Crippen MR) is 180 cm³/mol. The normalized spacial score (nSPS) is 27.6. The van der Waals surface area contributed by atoms with Gasteiger partial charge in [0.25, 0.3) is 11.8 Å². The van der Waals surface area contributed by atoms with Gasteiger partial charge in [0.05, 0.1) is 29.0 Å². The molecule has 5 aliphatic rings. The lowest BCUT2D eigenvalue weighted by Gasteiger charge is -2.55. The first-order valence-electron chi connectivity index (χ1n) is 16.3. The summed E-state index contributed by atoms with van der Waals surface area (Å²) >= 11 is 0. The molecule has 3 aliphatic heterocycles. The van der Waals surface area contributed by atoms with Crippen molar-refractivity contribution in [2.75, 3.05) is 6.61 Å². The van der Waals surface area contributed by atoms with Crippen LogP contribution >= 0.6 is 0 Å². The first-order chi connectivity index (χ1) is 23.0. The number of fused-ring (bicyclic) bond motifs is 4. The minimum absolute atomic E-state index is 0.0137. The smallest absolute Gasteiger partial charge is 0.265 e. The van der Waals surface area contributed by atoms with Crippen LogP contribution in [0.15, 0.2) is 119 Å².